The van der Waals surface area contributed by atoms with E-state index in [1.54, 1.807) is 0 Å². The van der Waals surface area contributed by atoms with Crippen LogP contribution in [-0.4, -0.2) is 39.4 Å². The molecule has 4 aliphatic rings. The van der Waals surface area contributed by atoms with Gasteiger partial charge in [-0.05, 0) is 42.7 Å². The molecule has 168 valence electrons. The van der Waals surface area contributed by atoms with Gasteiger partial charge in [-0.2, -0.15) is 0 Å². The zero-order valence-electron chi connectivity index (χ0n) is 19.3. The zero-order chi connectivity index (χ0) is 22.2. The first-order chi connectivity index (χ1) is 16.3. The number of rotatable bonds is 2. The Labute approximate surface area is 195 Å². The summed E-state index contributed by atoms with van der Waals surface area (Å²) in [6.45, 7) is 7.85. The van der Waals surface area contributed by atoms with Crippen LogP contribution in [0.4, 0.5) is 5.69 Å². The van der Waals surface area contributed by atoms with Crippen LogP contribution in [0, 0.1) is 6.92 Å². The highest BCUT2D eigenvalue weighted by atomic mass is 16.5. The van der Waals surface area contributed by atoms with Crippen LogP contribution in [0.3, 0.4) is 0 Å². The predicted molar refractivity (Wildman–Crippen MR) is 135 cm³/mol. The van der Waals surface area contributed by atoms with Gasteiger partial charge in [0.25, 0.3) is 0 Å². The van der Waals surface area contributed by atoms with Crippen molar-refractivity contribution in [3.05, 3.63) is 71.6 Å². The molecular weight excluding hydrogens is 408 g/mol. The fraction of sp³-hybridized carbons (Fsp3) is 0.345. The van der Waals surface area contributed by atoms with Crippen molar-refractivity contribution in [3.8, 4) is 22.5 Å². The van der Waals surface area contributed by atoms with Crippen LogP contribution < -0.4 is 14.8 Å². The van der Waals surface area contributed by atoms with Gasteiger partial charge in [-0.15, -0.1) is 0 Å². The molecule has 3 heterocycles. The average molecular weight is 440 g/mol. The molecule has 2 fully saturated rings. The number of ether oxygens (including phenoxy) is 1. The summed E-state index contributed by atoms with van der Waals surface area (Å²) in [5.74, 6) is 0.961. The van der Waals surface area contributed by atoms with E-state index in [0.717, 1.165) is 50.7 Å². The smallest absolute Gasteiger partial charge is 0.203 e. The molecule has 0 amide bonds. The Morgan fingerprint density at radius 2 is 1.64 bits per heavy atom. The Morgan fingerprint density at radius 1 is 0.818 bits per heavy atom. The third kappa shape index (κ3) is 3.83. The van der Waals surface area contributed by atoms with Crippen LogP contribution in [0.1, 0.15) is 24.8 Å². The van der Waals surface area contributed by atoms with Gasteiger partial charge in [-0.3, -0.25) is 0 Å². The first-order valence-corrected chi connectivity index (χ1v) is 12.3. The number of hydrogen-bond donors (Lipinski definition) is 0. The number of hydrogen-bond acceptors (Lipinski definition) is 3. The van der Waals surface area contributed by atoms with Gasteiger partial charge >= 0.3 is 0 Å². The van der Waals surface area contributed by atoms with Crippen LogP contribution in [0.25, 0.3) is 33.4 Å². The summed E-state index contributed by atoms with van der Waals surface area (Å²) in [4.78, 5) is 2.39. The van der Waals surface area contributed by atoms with Crippen LogP contribution >= 0.6 is 0 Å². The summed E-state index contributed by atoms with van der Waals surface area (Å²) >= 11 is 0. The van der Waals surface area contributed by atoms with E-state index in [9.17, 15) is 0 Å². The Hall–Kier alpha value is -3.11. The highest BCUT2D eigenvalue weighted by molar-refractivity contribution is 6.03. The molecule has 33 heavy (non-hydrogen) atoms. The quantitative estimate of drug-likeness (QED) is 0.313. The lowest BCUT2D eigenvalue weighted by atomic mass is 9.91. The van der Waals surface area contributed by atoms with E-state index in [1.165, 1.54) is 57.9 Å². The van der Waals surface area contributed by atoms with Crippen molar-refractivity contribution in [1.82, 2.24) is 4.58 Å². The number of fused-ring (bicyclic) bond motifs is 2. The summed E-state index contributed by atoms with van der Waals surface area (Å²) in [7, 11) is 0. The number of piperidine rings is 1. The summed E-state index contributed by atoms with van der Waals surface area (Å²) in [6, 6.07) is 22.2. The highest BCUT2D eigenvalue weighted by Gasteiger charge is 2.21. The first-order valence-electron chi connectivity index (χ1n) is 12.3. The molecule has 0 unspecified atom stereocenters. The van der Waals surface area contributed by atoms with Crippen LogP contribution in [-0.2, 0) is 4.74 Å². The van der Waals surface area contributed by atoms with Gasteiger partial charge < -0.3 is 14.1 Å². The van der Waals surface area contributed by atoms with Crippen molar-refractivity contribution < 1.29 is 9.15 Å². The molecule has 1 aliphatic carbocycles. The minimum atomic E-state index is 0.778. The Bertz CT molecular complexity index is 1340. The van der Waals surface area contributed by atoms with Gasteiger partial charge in [-0.25, -0.2) is 4.58 Å². The molecule has 2 saturated heterocycles. The van der Waals surface area contributed by atoms with E-state index in [0.29, 0.717) is 0 Å². The zero-order valence-corrected chi connectivity index (χ0v) is 19.3. The second-order valence-electron chi connectivity index (χ2n) is 9.30. The average Bonchev–Trinajstić information content (AvgIpc) is 2.88. The molecule has 2 aromatic carbocycles. The third-order valence-electron chi connectivity index (χ3n) is 7.20. The molecule has 6 rings (SSSR count). The fourth-order valence-electron chi connectivity index (χ4n) is 5.38. The predicted octanol–water partition coefficient (Wildman–Crippen LogP) is 5.31. The van der Waals surface area contributed by atoms with Gasteiger partial charge in [-0.1, -0.05) is 24.3 Å². The van der Waals surface area contributed by atoms with Gasteiger partial charge in [0.1, 0.15) is 24.4 Å². The van der Waals surface area contributed by atoms with Gasteiger partial charge in [0.15, 0.2) is 0 Å². The fourth-order valence-corrected chi connectivity index (χ4v) is 5.38. The van der Waals surface area contributed by atoms with E-state index in [-0.39, 0.29) is 0 Å². The van der Waals surface area contributed by atoms with Crippen molar-refractivity contribution in [2.24, 2.45) is 0 Å². The number of aryl methyl sites for hydroxylation is 1. The minimum absolute atomic E-state index is 0.778. The normalized spacial score (nSPS) is 17.1. The molecule has 3 aliphatic heterocycles. The maximum atomic E-state index is 6.63. The number of anilines is 1. The Kier molecular flexibility index (Phi) is 5.39. The van der Waals surface area contributed by atoms with Gasteiger partial charge in [0.2, 0.25) is 5.36 Å². The lowest BCUT2D eigenvalue weighted by Gasteiger charge is -2.29. The summed E-state index contributed by atoms with van der Waals surface area (Å²) < 4.78 is 14.7. The monoisotopic (exact) mass is 439 g/mol. The van der Waals surface area contributed by atoms with E-state index in [4.69, 9.17) is 9.15 Å². The largest absolute Gasteiger partial charge is 0.456 e. The Morgan fingerprint density at radius 3 is 2.45 bits per heavy atom. The van der Waals surface area contributed by atoms with Crippen molar-refractivity contribution in [2.45, 2.75) is 26.2 Å². The molecule has 4 heteroatoms. The van der Waals surface area contributed by atoms with Gasteiger partial charge in [0, 0.05) is 60.3 Å². The minimum Gasteiger partial charge on any atom is -0.456 e. The van der Waals surface area contributed by atoms with Crippen molar-refractivity contribution in [1.29, 1.82) is 0 Å². The maximum Gasteiger partial charge on any atom is 0.203 e. The molecule has 0 radical (unpaired) electrons. The van der Waals surface area contributed by atoms with Crippen LogP contribution in [0.2, 0.25) is 0 Å². The van der Waals surface area contributed by atoms with E-state index < -0.39 is 0 Å². The molecular formula is C29H31N2O2+. The maximum absolute atomic E-state index is 6.63. The van der Waals surface area contributed by atoms with E-state index in [2.05, 4.69) is 77.1 Å². The molecule has 0 spiro atoms. The van der Waals surface area contributed by atoms with Crippen LogP contribution in [0.5, 0.6) is 0 Å². The van der Waals surface area contributed by atoms with Gasteiger partial charge in [0.05, 0.1) is 19.3 Å². The summed E-state index contributed by atoms with van der Waals surface area (Å²) in [6.07, 6.45) is 3.87. The molecule has 0 saturated carbocycles. The molecule has 0 bridgehead atoms. The Balaban J connectivity index is 1.61. The number of morpholine rings is 1. The third-order valence-corrected chi connectivity index (χ3v) is 7.20. The van der Waals surface area contributed by atoms with Crippen molar-refractivity contribution in [2.75, 3.05) is 44.3 Å². The molecule has 0 aromatic heterocycles. The number of nitrogens with zero attached hydrogens (tertiary/aromatic N) is 2. The van der Waals surface area contributed by atoms with Crippen molar-refractivity contribution >= 4 is 16.7 Å². The SMILES string of the molecule is Cc1ccccc1-c1c2ccc(=[N+]3CCCCC3)cc-2oc2cc(N3CCOCC3)ccc12. The number of benzene rings is 3. The lowest BCUT2D eigenvalue weighted by molar-refractivity contribution is 0.122. The molecule has 0 N–H and O–H groups in total. The summed E-state index contributed by atoms with van der Waals surface area (Å²) in [5, 5.41) is 2.44. The molecule has 2 aromatic rings. The lowest BCUT2D eigenvalue weighted by Crippen LogP contribution is -2.36. The second kappa shape index (κ2) is 8.68. The highest BCUT2D eigenvalue weighted by Crippen LogP contribution is 2.41. The summed E-state index contributed by atoms with van der Waals surface area (Å²) in [5.41, 5.74) is 7.15. The topological polar surface area (TPSA) is 28.6 Å². The van der Waals surface area contributed by atoms with Crippen LogP contribution in [0.15, 0.2) is 65.1 Å². The second-order valence-corrected chi connectivity index (χ2v) is 9.30. The van der Waals surface area contributed by atoms with Crippen molar-refractivity contribution in [3.63, 3.8) is 0 Å². The first kappa shape index (κ1) is 20.5. The molecule has 0 atom stereocenters. The van der Waals surface area contributed by atoms with E-state index in [1.807, 2.05) is 0 Å². The standard InChI is InChI=1S/C29H31N2O2/c1-21-7-3-4-8-24(21)29-25-11-9-22(30-13-5-2-6-14-30)19-27(25)33-28-20-23(10-12-26(28)29)31-15-17-32-18-16-31/h3-4,7-12,19-20H,2,5-6,13-18H2,1H3/q+1. The molecule has 4 nitrogen and oxygen atoms in total. The van der Waals surface area contributed by atoms with E-state index >= 15 is 0 Å².